The number of aromatic nitrogens is 3. The number of fused-ring (bicyclic) bond motifs is 1. The maximum Gasteiger partial charge on any atom is 0.285 e. The van der Waals surface area contributed by atoms with Gasteiger partial charge in [-0.25, -0.2) is 0 Å². The van der Waals surface area contributed by atoms with Crippen LogP contribution in [0.5, 0.6) is 0 Å². The van der Waals surface area contributed by atoms with E-state index in [0.717, 1.165) is 22.9 Å². The summed E-state index contributed by atoms with van der Waals surface area (Å²) in [7, 11) is -1.80. The molecule has 11 heteroatoms. The number of hydrogen-bond donors (Lipinski definition) is 1. The van der Waals surface area contributed by atoms with Gasteiger partial charge in [0.05, 0.1) is 5.92 Å². The summed E-state index contributed by atoms with van der Waals surface area (Å²) in [5.74, 6) is 0.0982. The lowest BCUT2D eigenvalue weighted by Crippen LogP contribution is -2.43. The molecule has 1 N–H and O–H groups in total. The smallest absolute Gasteiger partial charge is 0.285 e. The maximum atomic E-state index is 13.0. The van der Waals surface area contributed by atoms with Crippen LogP contribution in [0.2, 0.25) is 0 Å². The zero-order valence-electron chi connectivity index (χ0n) is 17.9. The van der Waals surface area contributed by atoms with Gasteiger partial charge < -0.3 is 14.8 Å². The number of nitrogens with zero attached hydrogens (tertiary/aromatic N) is 5. The Balaban J connectivity index is 1.25. The van der Waals surface area contributed by atoms with Crippen molar-refractivity contribution in [1.82, 2.24) is 19.7 Å². The molecule has 3 aromatic rings. The van der Waals surface area contributed by atoms with Gasteiger partial charge in [-0.2, -0.15) is 8.42 Å². The summed E-state index contributed by atoms with van der Waals surface area (Å²) < 4.78 is 30.7. The third-order valence-electron chi connectivity index (χ3n) is 5.71. The number of hydrogen-bond acceptors (Lipinski definition) is 7. The summed E-state index contributed by atoms with van der Waals surface area (Å²) >= 11 is 1.49. The summed E-state index contributed by atoms with van der Waals surface area (Å²) in [4.78, 5) is 16.1. The van der Waals surface area contributed by atoms with Crippen molar-refractivity contribution in [2.24, 2.45) is 17.4 Å². The number of likely N-dealkylation sites (tertiary alicyclic amines) is 1. The molecule has 2 aliphatic heterocycles. The third-order valence-corrected chi connectivity index (χ3v) is 8.09. The molecular formula is C22H22N6O3S2. The molecule has 1 fully saturated rings. The van der Waals surface area contributed by atoms with Crippen LogP contribution in [0, 0.1) is 5.92 Å². The Morgan fingerprint density at radius 3 is 2.70 bits per heavy atom. The molecule has 2 aliphatic rings. The molecule has 0 bridgehead atoms. The van der Waals surface area contributed by atoms with E-state index in [-0.39, 0.29) is 16.7 Å². The van der Waals surface area contributed by atoms with E-state index >= 15 is 0 Å². The Bertz CT molecular complexity index is 1330. The number of sulfonamides is 1. The summed E-state index contributed by atoms with van der Waals surface area (Å²) in [5.41, 5.74) is 1.32. The Labute approximate surface area is 196 Å². The molecule has 9 nitrogen and oxygen atoms in total. The first-order valence-electron chi connectivity index (χ1n) is 10.5. The van der Waals surface area contributed by atoms with Gasteiger partial charge >= 0.3 is 0 Å². The molecule has 3 heterocycles. The highest BCUT2D eigenvalue weighted by Crippen LogP contribution is 2.30. The van der Waals surface area contributed by atoms with Crippen LogP contribution >= 0.6 is 11.8 Å². The van der Waals surface area contributed by atoms with Crippen LogP contribution in [0.15, 0.2) is 74.2 Å². The Morgan fingerprint density at radius 2 is 1.94 bits per heavy atom. The summed E-state index contributed by atoms with van der Waals surface area (Å²) in [5, 5.41) is 11.7. The highest BCUT2D eigenvalue weighted by molar-refractivity contribution is 7.99. The predicted molar refractivity (Wildman–Crippen MR) is 125 cm³/mol. The van der Waals surface area contributed by atoms with Gasteiger partial charge in [-0.1, -0.05) is 12.1 Å². The number of aryl methyl sites for hydroxylation is 1. The van der Waals surface area contributed by atoms with Gasteiger partial charge in [-0.3, -0.25) is 4.79 Å². The highest BCUT2D eigenvalue weighted by atomic mass is 32.2. The standard InChI is InChI=1S/C22H22N6O3S2/c1-27-14-23-25-22(27)32-17-10-8-16(9-11-17)24-21(29)15-5-4-12-28(13-15)20-18-6-2-3-7-19(18)33(30,31)26-20/h2-3,6-11,14-15H,4-5,12-13H2,1H3,(H,24,29). The third kappa shape index (κ3) is 4.38. The van der Waals surface area contributed by atoms with E-state index in [1.54, 1.807) is 30.6 Å². The van der Waals surface area contributed by atoms with E-state index in [4.69, 9.17) is 0 Å². The second-order valence-electron chi connectivity index (χ2n) is 8.01. The number of benzene rings is 2. The normalized spacial score (nSPS) is 19.1. The molecule has 0 radical (unpaired) electrons. The molecule has 5 rings (SSSR count). The van der Waals surface area contributed by atoms with Crippen molar-refractivity contribution in [1.29, 1.82) is 0 Å². The number of anilines is 1. The molecule has 1 atom stereocenters. The van der Waals surface area contributed by atoms with Crippen LogP contribution in [-0.2, 0) is 21.9 Å². The number of amidine groups is 1. The fourth-order valence-electron chi connectivity index (χ4n) is 4.02. The minimum absolute atomic E-state index is 0.0804. The summed E-state index contributed by atoms with van der Waals surface area (Å²) in [6, 6.07) is 14.4. The first-order chi connectivity index (χ1) is 15.9. The number of nitrogens with one attached hydrogen (secondary N) is 1. The fourth-order valence-corrected chi connectivity index (χ4v) is 6.01. The van der Waals surface area contributed by atoms with Crippen molar-refractivity contribution < 1.29 is 13.2 Å². The Kier molecular flexibility index (Phi) is 5.67. The molecule has 0 spiro atoms. The minimum atomic E-state index is -3.68. The van der Waals surface area contributed by atoms with Gasteiger partial charge in [0.2, 0.25) is 5.91 Å². The minimum Gasteiger partial charge on any atom is -0.355 e. The quantitative estimate of drug-likeness (QED) is 0.609. The van der Waals surface area contributed by atoms with Gasteiger partial charge in [-0.05, 0) is 61.0 Å². The van der Waals surface area contributed by atoms with E-state index in [2.05, 4.69) is 19.9 Å². The topological polar surface area (TPSA) is 110 Å². The van der Waals surface area contributed by atoms with Gasteiger partial charge in [0, 0.05) is 36.3 Å². The van der Waals surface area contributed by atoms with Crippen LogP contribution in [0.1, 0.15) is 18.4 Å². The average Bonchev–Trinajstić information content (AvgIpc) is 3.35. The number of amides is 1. The largest absolute Gasteiger partial charge is 0.355 e. The molecule has 1 aromatic heterocycles. The Morgan fingerprint density at radius 1 is 1.15 bits per heavy atom. The van der Waals surface area contributed by atoms with Crippen LogP contribution in [0.3, 0.4) is 0 Å². The lowest BCUT2D eigenvalue weighted by Gasteiger charge is -2.33. The van der Waals surface area contributed by atoms with E-state index in [9.17, 15) is 13.2 Å². The van der Waals surface area contributed by atoms with Crippen LogP contribution < -0.4 is 5.32 Å². The van der Waals surface area contributed by atoms with Crippen molar-refractivity contribution in [3.05, 3.63) is 60.4 Å². The molecular weight excluding hydrogens is 460 g/mol. The second-order valence-corrected chi connectivity index (χ2v) is 10.6. The number of carbonyl (C=O) groups excluding carboxylic acids is 1. The number of carbonyl (C=O) groups is 1. The molecule has 1 unspecified atom stereocenters. The van der Waals surface area contributed by atoms with Crippen LogP contribution in [-0.4, -0.2) is 52.9 Å². The average molecular weight is 483 g/mol. The SMILES string of the molecule is Cn1cnnc1Sc1ccc(NC(=O)C2CCCN(C3=NS(=O)(=O)c4ccccc43)C2)cc1. The predicted octanol–water partition coefficient (Wildman–Crippen LogP) is 2.77. The molecule has 33 heavy (non-hydrogen) atoms. The molecule has 1 saturated heterocycles. The van der Waals surface area contributed by atoms with E-state index in [1.165, 1.54) is 11.8 Å². The van der Waals surface area contributed by atoms with Crippen molar-refractivity contribution in [2.45, 2.75) is 27.8 Å². The maximum absolute atomic E-state index is 13.0. The lowest BCUT2D eigenvalue weighted by atomic mass is 9.96. The molecule has 1 amide bonds. The van der Waals surface area contributed by atoms with Crippen molar-refractivity contribution in [3.63, 3.8) is 0 Å². The number of rotatable bonds is 4. The Hall–Kier alpha value is -3.18. The molecule has 2 aromatic carbocycles. The first kappa shape index (κ1) is 21.7. The summed E-state index contributed by atoms with van der Waals surface area (Å²) in [6.45, 7) is 1.09. The fraction of sp³-hybridized carbons (Fsp3) is 0.273. The number of piperidine rings is 1. The van der Waals surface area contributed by atoms with Crippen molar-refractivity contribution >= 4 is 39.2 Å². The zero-order valence-corrected chi connectivity index (χ0v) is 19.5. The van der Waals surface area contributed by atoms with Crippen LogP contribution in [0.25, 0.3) is 0 Å². The van der Waals surface area contributed by atoms with Gasteiger partial charge in [0.1, 0.15) is 11.2 Å². The van der Waals surface area contributed by atoms with Gasteiger partial charge in [-0.15, -0.1) is 14.6 Å². The summed E-state index contributed by atoms with van der Waals surface area (Å²) in [6.07, 6.45) is 3.17. The van der Waals surface area contributed by atoms with E-state index in [1.807, 2.05) is 40.8 Å². The second kappa shape index (κ2) is 8.64. The van der Waals surface area contributed by atoms with Gasteiger partial charge in [0.25, 0.3) is 10.0 Å². The molecule has 0 aliphatic carbocycles. The first-order valence-corrected chi connectivity index (χ1v) is 12.8. The van der Waals surface area contributed by atoms with Crippen LogP contribution in [0.4, 0.5) is 5.69 Å². The molecule has 0 saturated carbocycles. The van der Waals surface area contributed by atoms with Crippen molar-refractivity contribution in [2.75, 3.05) is 18.4 Å². The monoisotopic (exact) mass is 482 g/mol. The highest BCUT2D eigenvalue weighted by Gasteiger charge is 2.35. The van der Waals surface area contributed by atoms with E-state index in [0.29, 0.717) is 30.2 Å². The molecule has 170 valence electrons. The van der Waals surface area contributed by atoms with E-state index < -0.39 is 10.0 Å². The van der Waals surface area contributed by atoms with Crippen molar-refractivity contribution in [3.8, 4) is 0 Å². The zero-order chi connectivity index (χ0) is 23.0. The van der Waals surface area contributed by atoms with Gasteiger partial charge in [0.15, 0.2) is 11.0 Å². The lowest BCUT2D eigenvalue weighted by molar-refractivity contribution is -0.121.